The van der Waals surface area contributed by atoms with Gasteiger partial charge in [0.25, 0.3) is 0 Å². The van der Waals surface area contributed by atoms with E-state index in [-0.39, 0.29) is 28.2 Å². The molecule has 0 aromatic heterocycles. The molecule has 3 aromatic carbocycles. The number of anilines is 2. The Hall–Kier alpha value is -3.50. The van der Waals surface area contributed by atoms with Crippen LogP contribution in [0.4, 0.5) is 16.2 Å². The van der Waals surface area contributed by atoms with E-state index in [0.717, 1.165) is 37.9 Å². The maximum Gasteiger partial charge on any atom is 0.419 e. The van der Waals surface area contributed by atoms with Gasteiger partial charge in [-0.05, 0) is 114 Å². The van der Waals surface area contributed by atoms with E-state index in [9.17, 15) is 14.7 Å². The summed E-state index contributed by atoms with van der Waals surface area (Å²) in [7, 11) is 0. The van der Waals surface area contributed by atoms with Gasteiger partial charge >= 0.3 is 12.1 Å². The summed E-state index contributed by atoms with van der Waals surface area (Å²) in [4.78, 5) is 31.9. The van der Waals surface area contributed by atoms with Gasteiger partial charge < -0.3 is 24.1 Å². The number of hydrogen-bond acceptors (Lipinski definition) is 8. The maximum absolute atomic E-state index is 14.2. The molecule has 2 saturated carbocycles. The third-order valence-corrected chi connectivity index (χ3v) is 12.6. The molecule has 2 heterocycles. The molecule has 3 aliphatic carbocycles. The van der Waals surface area contributed by atoms with E-state index in [1.165, 1.54) is 23.3 Å². The zero-order valence-electron chi connectivity index (χ0n) is 31.5. The first-order chi connectivity index (χ1) is 25.8. The smallest absolute Gasteiger partial charge is 0.419 e. The number of carbonyl (C=O) groups is 2. The molecule has 2 aliphatic heterocycles. The normalized spacial score (nSPS) is 26.8. The molecule has 5 atom stereocenters. The molecule has 11 heteroatoms. The molecule has 1 amide bonds. The van der Waals surface area contributed by atoms with Gasteiger partial charge in [0.2, 0.25) is 0 Å². The average Bonchev–Trinajstić information content (AvgIpc) is 3.86. The summed E-state index contributed by atoms with van der Waals surface area (Å²) in [6.07, 6.45) is 4.82. The molecule has 288 valence electrons. The summed E-state index contributed by atoms with van der Waals surface area (Å²) < 4.78 is 25.5. The number of piperidine rings is 1. The summed E-state index contributed by atoms with van der Waals surface area (Å²) >= 11 is 13.3. The lowest BCUT2D eigenvalue weighted by Crippen LogP contribution is -2.77. The second-order valence-electron chi connectivity index (χ2n) is 16.7. The molecule has 2 bridgehead atoms. The fraction of sp³-hybridized carbons (Fsp3) is 0.535. The number of nitrogens with zero attached hydrogens (tertiary/aromatic N) is 2. The van der Waals surface area contributed by atoms with Gasteiger partial charge in [0, 0.05) is 18.2 Å². The molecule has 9 nitrogen and oxygen atoms in total. The fourth-order valence-corrected chi connectivity index (χ4v) is 10.1. The van der Waals surface area contributed by atoms with Crippen molar-refractivity contribution < 1.29 is 33.6 Å². The lowest BCUT2D eigenvalue weighted by atomic mass is 9.48. The van der Waals surface area contributed by atoms with E-state index in [0.29, 0.717) is 54.5 Å². The van der Waals surface area contributed by atoms with Gasteiger partial charge in [-0.3, -0.25) is 9.69 Å². The number of ether oxygens (including phenoxy) is 4. The lowest BCUT2D eigenvalue weighted by Gasteiger charge is -2.64. The Balaban J connectivity index is 1.11. The molecule has 3 fully saturated rings. The van der Waals surface area contributed by atoms with E-state index < -0.39 is 40.9 Å². The fourth-order valence-electron chi connectivity index (χ4n) is 9.55. The number of likely N-dealkylation sites (tertiary alicyclic amines) is 1. The Morgan fingerprint density at radius 2 is 1.78 bits per heavy atom. The van der Waals surface area contributed by atoms with Crippen molar-refractivity contribution in [2.75, 3.05) is 24.6 Å². The van der Waals surface area contributed by atoms with E-state index in [1.54, 1.807) is 57.2 Å². The van der Waals surface area contributed by atoms with Gasteiger partial charge in [0.1, 0.15) is 17.8 Å². The Bertz CT molecular complexity index is 1920. The molecular weight excluding hydrogens is 727 g/mol. The highest BCUT2D eigenvalue weighted by Crippen LogP contribution is 2.66. The molecule has 1 unspecified atom stereocenters. The number of esters is 1. The highest BCUT2D eigenvalue weighted by Gasteiger charge is 2.73. The number of halogens is 2. The predicted octanol–water partition coefficient (Wildman–Crippen LogP) is 8.96. The molecule has 3 aromatic rings. The first kappa shape index (κ1) is 37.4. The van der Waals surface area contributed by atoms with E-state index in [1.807, 2.05) is 12.1 Å². The van der Waals surface area contributed by atoms with Gasteiger partial charge in [-0.25, -0.2) is 9.69 Å². The van der Waals surface area contributed by atoms with Crippen LogP contribution in [0, 0.1) is 5.92 Å². The van der Waals surface area contributed by atoms with Gasteiger partial charge in [-0.1, -0.05) is 66.9 Å². The van der Waals surface area contributed by atoms with Crippen molar-refractivity contribution in [2.45, 2.75) is 120 Å². The third kappa shape index (κ3) is 6.43. The Labute approximate surface area is 327 Å². The van der Waals surface area contributed by atoms with Gasteiger partial charge in [0.15, 0.2) is 11.5 Å². The van der Waals surface area contributed by atoms with Crippen LogP contribution in [-0.4, -0.2) is 71.2 Å². The van der Waals surface area contributed by atoms with Crippen LogP contribution in [0.5, 0.6) is 11.5 Å². The summed E-state index contributed by atoms with van der Waals surface area (Å²) in [5, 5.41) is 13.5. The van der Waals surface area contributed by atoms with Crippen LogP contribution in [0.1, 0.15) is 89.3 Å². The van der Waals surface area contributed by atoms with Crippen molar-refractivity contribution in [3.05, 3.63) is 81.3 Å². The number of unbranched alkanes of at least 4 members (excludes halogenated alkanes) is 1. The van der Waals surface area contributed by atoms with Crippen LogP contribution in [0.15, 0.2) is 54.6 Å². The van der Waals surface area contributed by atoms with Crippen molar-refractivity contribution >= 4 is 46.6 Å². The van der Waals surface area contributed by atoms with Crippen LogP contribution in [0.3, 0.4) is 0 Å². The zero-order chi connectivity index (χ0) is 38.0. The highest BCUT2D eigenvalue weighted by atomic mass is 35.5. The van der Waals surface area contributed by atoms with Gasteiger partial charge in [0.05, 0.1) is 45.5 Å². The Kier molecular flexibility index (Phi) is 9.85. The summed E-state index contributed by atoms with van der Waals surface area (Å²) in [6.45, 7) is 9.90. The van der Waals surface area contributed by atoms with Crippen LogP contribution in [0.25, 0.3) is 0 Å². The predicted molar refractivity (Wildman–Crippen MR) is 208 cm³/mol. The quantitative estimate of drug-likeness (QED) is 0.152. The molecule has 0 radical (unpaired) electrons. The molecule has 54 heavy (non-hydrogen) atoms. The summed E-state index contributed by atoms with van der Waals surface area (Å²) in [6, 6.07) is 16.3. The molecule has 1 saturated heterocycles. The Morgan fingerprint density at radius 3 is 2.50 bits per heavy atom. The average molecular weight is 778 g/mol. The van der Waals surface area contributed by atoms with Crippen molar-refractivity contribution in [1.82, 2.24) is 4.90 Å². The van der Waals surface area contributed by atoms with Gasteiger partial charge in [-0.2, -0.15) is 0 Å². The summed E-state index contributed by atoms with van der Waals surface area (Å²) in [5.74, 6) is 1.61. The van der Waals surface area contributed by atoms with Crippen LogP contribution in [0.2, 0.25) is 10.0 Å². The minimum atomic E-state index is -1.04. The summed E-state index contributed by atoms with van der Waals surface area (Å²) in [5.41, 5.74) is 0.829. The first-order valence-corrected chi connectivity index (χ1v) is 20.3. The molecular formula is C43H50Cl2N2O7. The van der Waals surface area contributed by atoms with Crippen molar-refractivity contribution in [2.24, 2.45) is 5.92 Å². The third-order valence-electron chi connectivity index (χ3n) is 12.0. The van der Waals surface area contributed by atoms with E-state index >= 15 is 0 Å². The number of para-hydroxylation sites is 2. The van der Waals surface area contributed by atoms with Crippen molar-refractivity contribution in [3.63, 3.8) is 0 Å². The van der Waals surface area contributed by atoms with E-state index in [4.69, 9.17) is 42.1 Å². The minimum absolute atomic E-state index is 0.0396. The zero-order valence-corrected chi connectivity index (χ0v) is 33.0. The van der Waals surface area contributed by atoms with Crippen LogP contribution >= 0.6 is 23.2 Å². The number of carbonyl (C=O) groups excluding carboxylic acids is 2. The standard InChI is InChI=1S/C43H50Cl2N2O7/c1-5-6-22-51-32-17-16-28-23-34-43(50)19-18-33(39-42(43,36(28)38(32)53-39)20-21-46(34)25-26-14-15-26)52-35(48)24-27-10-7-8-13-31(27)47(40(49)54-41(2,3)4)37-29(44)11-9-12-30(37)45/h7-13,16-17,26,33-34,39,50H,5-6,14-15,18-25H2,1-4H3/t33-,34-,39?,42+,43-/m1/s1. The monoisotopic (exact) mass is 776 g/mol. The number of rotatable bonds is 11. The maximum atomic E-state index is 14.2. The molecule has 8 rings (SSSR count). The van der Waals surface area contributed by atoms with Gasteiger partial charge in [-0.15, -0.1) is 0 Å². The second kappa shape index (κ2) is 14.2. The number of aliphatic hydroxyl groups is 1. The minimum Gasteiger partial charge on any atom is -0.490 e. The molecule has 1 spiro atoms. The van der Waals surface area contributed by atoms with Crippen molar-refractivity contribution in [3.8, 4) is 11.5 Å². The SMILES string of the molecule is CCCCOc1ccc2c3c1OC1[C@H](OC(=O)Cc4ccccc4N(C(=O)OC(C)(C)C)c4c(Cl)cccc4Cl)CC[C@@]4(O)[C@@H](C2)N(CC2CC2)CC[C@]314. The topological polar surface area (TPSA) is 97.8 Å². The molecule has 1 N–H and O–H groups in total. The number of hydrogen-bond donors (Lipinski definition) is 1. The van der Waals surface area contributed by atoms with Crippen LogP contribution < -0.4 is 14.4 Å². The molecule has 5 aliphatic rings. The lowest BCUT2D eigenvalue weighted by molar-refractivity contribution is -0.216. The van der Waals surface area contributed by atoms with Crippen molar-refractivity contribution in [1.29, 1.82) is 0 Å². The second-order valence-corrected chi connectivity index (χ2v) is 17.5. The Morgan fingerprint density at radius 1 is 1.02 bits per heavy atom. The largest absolute Gasteiger partial charge is 0.490 e. The highest BCUT2D eigenvalue weighted by molar-refractivity contribution is 6.40. The first-order valence-electron chi connectivity index (χ1n) is 19.5. The number of amides is 1. The van der Waals surface area contributed by atoms with E-state index in [2.05, 4.69) is 17.9 Å². The van der Waals surface area contributed by atoms with Crippen LogP contribution in [-0.2, 0) is 32.5 Å². The number of benzene rings is 3.